The van der Waals surface area contributed by atoms with Gasteiger partial charge in [0.1, 0.15) is 5.82 Å². The highest BCUT2D eigenvalue weighted by molar-refractivity contribution is 7.15. The number of halogens is 1. The van der Waals surface area contributed by atoms with Crippen molar-refractivity contribution in [3.8, 4) is 0 Å². The molecule has 1 aromatic heterocycles. The van der Waals surface area contributed by atoms with Crippen LogP contribution >= 0.6 is 11.3 Å². The number of aryl methyl sites for hydroxylation is 2. The summed E-state index contributed by atoms with van der Waals surface area (Å²) in [6.07, 6.45) is 0.800. The van der Waals surface area contributed by atoms with E-state index in [4.69, 9.17) is 5.73 Å². The molecule has 0 fully saturated rings. The van der Waals surface area contributed by atoms with Gasteiger partial charge < -0.3 is 5.73 Å². The molecule has 0 aliphatic rings. The molecule has 2 aromatic rings. The number of nitrogens with two attached hydrogens (primary N) is 1. The zero-order valence-electron chi connectivity index (χ0n) is 10.7. The Morgan fingerprint density at radius 3 is 2.84 bits per heavy atom. The largest absolute Gasteiger partial charge is 0.399 e. The first-order chi connectivity index (χ1) is 9.01. The molecule has 0 aliphatic carbocycles. The quantitative estimate of drug-likeness (QED) is 0.849. The van der Waals surface area contributed by atoms with E-state index in [1.54, 1.807) is 0 Å². The second-order valence-electron chi connectivity index (χ2n) is 4.07. The first kappa shape index (κ1) is 13.5. The van der Waals surface area contributed by atoms with Crippen molar-refractivity contribution in [2.45, 2.75) is 20.3 Å². The van der Waals surface area contributed by atoms with Crippen LogP contribution in [0, 0.1) is 12.7 Å². The Balaban J connectivity index is 2.20. The standard InChI is InChI=1S/C13H14FN3OS/c1-3-11-7(2)19-13(16-11)17-12(18)9-5-4-8(15)6-10(9)14/h4-6H,3,15H2,1-2H3,(H,16,17,18). The smallest absolute Gasteiger partial charge is 0.260 e. The van der Waals surface area contributed by atoms with Gasteiger partial charge in [-0.3, -0.25) is 10.1 Å². The van der Waals surface area contributed by atoms with Crippen molar-refractivity contribution in [1.82, 2.24) is 4.98 Å². The van der Waals surface area contributed by atoms with E-state index < -0.39 is 11.7 Å². The highest BCUT2D eigenvalue weighted by Crippen LogP contribution is 2.23. The van der Waals surface area contributed by atoms with Crippen molar-refractivity contribution in [3.63, 3.8) is 0 Å². The predicted octanol–water partition coefficient (Wildman–Crippen LogP) is 2.99. The van der Waals surface area contributed by atoms with E-state index in [0.29, 0.717) is 5.13 Å². The minimum atomic E-state index is -0.638. The minimum absolute atomic E-state index is 0.0416. The molecule has 3 N–H and O–H groups in total. The van der Waals surface area contributed by atoms with Crippen LogP contribution in [0.15, 0.2) is 18.2 Å². The monoisotopic (exact) mass is 279 g/mol. The van der Waals surface area contributed by atoms with E-state index in [1.807, 2.05) is 13.8 Å². The van der Waals surface area contributed by atoms with Gasteiger partial charge in [0.2, 0.25) is 0 Å². The Morgan fingerprint density at radius 1 is 1.53 bits per heavy atom. The summed E-state index contributed by atoms with van der Waals surface area (Å²) in [6.45, 7) is 3.93. The van der Waals surface area contributed by atoms with Gasteiger partial charge in [0.05, 0.1) is 11.3 Å². The number of nitrogen functional groups attached to an aromatic ring is 1. The Kier molecular flexibility index (Phi) is 3.80. The van der Waals surface area contributed by atoms with Crippen molar-refractivity contribution in [2.24, 2.45) is 0 Å². The van der Waals surface area contributed by atoms with Gasteiger partial charge in [0, 0.05) is 10.6 Å². The Hall–Kier alpha value is -1.95. The molecule has 0 spiro atoms. The lowest BCUT2D eigenvalue weighted by Gasteiger charge is -2.03. The van der Waals surface area contributed by atoms with Gasteiger partial charge in [-0.2, -0.15) is 0 Å². The lowest BCUT2D eigenvalue weighted by molar-refractivity contribution is 0.102. The number of nitrogens with zero attached hydrogens (tertiary/aromatic N) is 1. The Morgan fingerprint density at radius 2 is 2.26 bits per heavy atom. The molecule has 19 heavy (non-hydrogen) atoms. The maximum absolute atomic E-state index is 13.6. The molecular formula is C13H14FN3OS. The molecule has 1 aromatic carbocycles. The average Bonchev–Trinajstić information content (AvgIpc) is 2.69. The van der Waals surface area contributed by atoms with E-state index in [0.717, 1.165) is 23.1 Å². The van der Waals surface area contributed by atoms with E-state index in [-0.39, 0.29) is 11.3 Å². The summed E-state index contributed by atoms with van der Waals surface area (Å²) in [5, 5.41) is 3.08. The minimum Gasteiger partial charge on any atom is -0.399 e. The van der Waals surface area contributed by atoms with E-state index >= 15 is 0 Å². The number of anilines is 2. The number of rotatable bonds is 3. The lowest BCUT2D eigenvalue weighted by atomic mass is 10.2. The summed E-state index contributed by atoms with van der Waals surface area (Å²) in [6, 6.07) is 3.98. The number of aromatic nitrogens is 1. The summed E-state index contributed by atoms with van der Waals surface area (Å²) in [5.74, 6) is -1.16. The molecule has 6 heteroatoms. The number of carbonyl (C=O) groups excluding carboxylic acids is 1. The summed E-state index contributed by atoms with van der Waals surface area (Å²) in [7, 11) is 0. The summed E-state index contributed by atoms with van der Waals surface area (Å²) in [5.41, 5.74) is 6.63. The van der Waals surface area contributed by atoms with E-state index in [1.165, 1.54) is 23.5 Å². The maximum atomic E-state index is 13.6. The average molecular weight is 279 g/mol. The lowest BCUT2D eigenvalue weighted by Crippen LogP contribution is -2.13. The second-order valence-corrected chi connectivity index (χ2v) is 5.27. The molecule has 0 atom stereocenters. The molecule has 100 valence electrons. The molecule has 1 amide bonds. The molecule has 1 heterocycles. The third-order valence-corrected chi connectivity index (χ3v) is 3.61. The number of hydrogen-bond acceptors (Lipinski definition) is 4. The molecule has 0 saturated heterocycles. The molecule has 0 unspecified atom stereocenters. The summed E-state index contributed by atoms with van der Waals surface area (Å²) < 4.78 is 13.6. The van der Waals surface area contributed by atoms with Gasteiger partial charge in [-0.25, -0.2) is 9.37 Å². The van der Waals surface area contributed by atoms with Crippen LogP contribution in [0.2, 0.25) is 0 Å². The van der Waals surface area contributed by atoms with Crippen LogP contribution in [0.5, 0.6) is 0 Å². The number of hydrogen-bond donors (Lipinski definition) is 2. The molecule has 4 nitrogen and oxygen atoms in total. The van der Waals surface area contributed by atoms with Crippen LogP contribution < -0.4 is 11.1 Å². The van der Waals surface area contributed by atoms with Crippen molar-refractivity contribution in [1.29, 1.82) is 0 Å². The SMILES string of the molecule is CCc1nc(NC(=O)c2ccc(N)cc2F)sc1C. The third kappa shape index (κ3) is 2.90. The highest BCUT2D eigenvalue weighted by atomic mass is 32.1. The van der Waals surface area contributed by atoms with Crippen LogP contribution in [-0.2, 0) is 6.42 Å². The third-order valence-electron chi connectivity index (χ3n) is 2.69. The first-order valence-electron chi connectivity index (χ1n) is 5.84. The molecular weight excluding hydrogens is 265 g/mol. The van der Waals surface area contributed by atoms with Crippen LogP contribution in [0.1, 0.15) is 27.9 Å². The highest BCUT2D eigenvalue weighted by Gasteiger charge is 2.14. The zero-order chi connectivity index (χ0) is 14.0. The predicted molar refractivity (Wildman–Crippen MR) is 75.0 cm³/mol. The summed E-state index contributed by atoms with van der Waals surface area (Å²) in [4.78, 5) is 17.3. The van der Waals surface area contributed by atoms with E-state index in [2.05, 4.69) is 10.3 Å². The summed E-state index contributed by atoms with van der Waals surface area (Å²) >= 11 is 1.38. The molecule has 0 radical (unpaired) electrons. The number of amides is 1. The number of thiazole rings is 1. The van der Waals surface area contributed by atoms with Crippen LogP contribution in [0.4, 0.5) is 15.2 Å². The van der Waals surface area contributed by atoms with Crippen molar-refractivity contribution < 1.29 is 9.18 Å². The molecule has 2 rings (SSSR count). The van der Waals surface area contributed by atoms with Crippen LogP contribution in [0.25, 0.3) is 0 Å². The van der Waals surface area contributed by atoms with Crippen LogP contribution in [-0.4, -0.2) is 10.9 Å². The molecule has 0 saturated carbocycles. The second kappa shape index (κ2) is 5.36. The molecule has 0 bridgehead atoms. The fraction of sp³-hybridized carbons (Fsp3) is 0.231. The van der Waals surface area contributed by atoms with Gasteiger partial charge in [0.15, 0.2) is 5.13 Å². The van der Waals surface area contributed by atoms with Gasteiger partial charge >= 0.3 is 0 Å². The van der Waals surface area contributed by atoms with Gasteiger partial charge in [0.25, 0.3) is 5.91 Å². The Bertz CT molecular complexity index is 624. The molecule has 0 aliphatic heterocycles. The van der Waals surface area contributed by atoms with Gasteiger partial charge in [-0.1, -0.05) is 6.92 Å². The van der Waals surface area contributed by atoms with E-state index in [9.17, 15) is 9.18 Å². The fourth-order valence-electron chi connectivity index (χ4n) is 1.69. The maximum Gasteiger partial charge on any atom is 0.260 e. The van der Waals surface area contributed by atoms with Gasteiger partial charge in [-0.15, -0.1) is 11.3 Å². The zero-order valence-corrected chi connectivity index (χ0v) is 11.5. The fourth-order valence-corrected chi connectivity index (χ4v) is 2.59. The normalized spacial score (nSPS) is 10.5. The van der Waals surface area contributed by atoms with Crippen LogP contribution in [0.3, 0.4) is 0 Å². The number of nitrogens with one attached hydrogen (secondary N) is 1. The van der Waals surface area contributed by atoms with Crippen molar-refractivity contribution in [3.05, 3.63) is 40.2 Å². The van der Waals surface area contributed by atoms with Crippen molar-refractivity contribution >= 4 is 28.1 Å². The number of carbonyl (C=O) groups is 1. The Labute approximate surface area is 114 Å². The first-order valence-corrected chi connectivity index (χ1v) is 6.65. The van der Waals surface area contributed by atoms with Crippen molar-refractivity contribution in [2.75, 3.05) is 11.1 Å². The topological polar surface area (TPSA) is 68.0 Å². The van der Waals surface area contributed by atoms with Gasteiger partial charge in [-0.05, 0) is 31.5 Å². The number of benzene rings is 1.